The van der Waals surface area contributed by atoms with Crippen molar-refractivity contribution in [3.63, 3.8) is 0 Å². The van der Waals surface area contributed by atoms with E-state index in [0.717, 1.165) is 5.56 Å². The molecule has 0 spiro atoms. The molecule has 0 saturated carbocycles. The largest absolute Gasteiger partial charge is 0.508 e. The molecule has 4 nitrogen and oxygen atoms in total. The van der Waals surface area contributed by atoms with E-state index < -0.39 is 0 Å². The molecule has 0 amide bonds. The van der Waals surface area contributed by atoms with Crippen molar-refractivity contribution in [2.75, 3.05) is 0 Å². The summed E-state index contributed by atoms with van der Waals surface area (Å²) in [6, 6.07) is 16.9. The predicted octanol–water partition coefficient (Wildman–Crippen LogP) is 3.54. The van der Waals surface area contributed by atoms with Crippen LogP contribution in [0.3, 0.4) is 0 Å². The minimum absolute atomic E-state index is 0.0304. The summed E-state index contributed by atoms with van der Waals surface area (Å²) in [6.45, 7) is 0. The number of aliphatic hydroxyl groups is 1. The van der Waals surface area contributed by atoms with E-state index in [1.165, 1.54) is 12.2 Å². The van der Waals surface area contributed by atoms with Crippen molar-refractivity contribution in [3.05, 3.63) is 88.0 Å². The molecule has 2 N–H and O–H groups in total. The zero-order valence-electron chi connectivity index (χ0n) is 11.7. The van der Waals surface area contributed by atoms with E-state index in [2.05, 4.69) is 9.97 Å². The summed E-state index contributed by atoms with van der Waals surface area (Å²) in [4.78, 5) is 18.9. The second-order valence-corrected chi connectivity index (χ2v) is 4.78. The summed E-state index contributed by atoms with van der Waals surface area (Å²) in [5, 5.41) is 9.94. The number of benzene rings is 2. The number of aliphatic hydroxyl groups excluding tert-OH is 1. The number of H-pyrrole nitrogens is 1. The Kier molecular flexibility index (Phi) is 3.83. The van der Waals surface area contributed by atoms with Crippen molar-refractivity contribution in [2.24, 2.45) is 0 Å². The molecule has 0 unspecified atom stereocenters. The fourth-order valence-corrected chi connectivity index (χ4v) is 2.08. The topological polar surface area (TPSA) is 66.0 Å². The Morgan fingerprint density at radius 1 is 1.05 bits per heavy atom. The first-order chi connectivity index (χ1) is 10.7. The van der Waals surface area contributed by atoms with Gasteiger partial charge in [0.1, 0.15) is 11.5 Å². The van der Waals surface area contributed by atoms with Crippen LogP contribution in [-0.2, 0) is 0 Å². The predicted molar refractivity (Wildman–Crippen MR) is 88.4 cm³/mol. The highest BCUT2D eigenvalue weighted by Crippen LogP contribution is 2.09. The van der Waals surface area contributed by atoms with Crippen molar-refractivity contribution in [1.82, 2.24) is 9.97 Å². The van der Waals surface area contributed by atoms with Crippen LogP contribution in [0.5, 0.6) is 0 Å². The molecule has 3 aromatic rings. The molecule has 0 fully saturated rings. The second kappa shape index (κ2) is 6.10. The summed E-state index contributed by atoms with van der Waals surface area (Å²) in [5.74, 6) is -0.0304. The third-order valence-corrected chi connectivity index (χ3v) is 3.16. The molecule has 3 rings (SSSR count). The number of aromatic nitrogens is 2. The maximum absolute atomic E-state index is 11.9. The fraction of sp³-hybridized carbons (Fsp3) is 0. The van der Waals surface area contributed by atoms with E-state index in [9.17, 15) is 9.90 Å². The molecule has 0 atom stereocenters. The lowest BCUT2D eigenvalue weighted by atomic mass is 10.2. The zero-order chi connectivity index (χ0) is 15.4. The highest BCUT2D eigenvalue weighted by molar-refractivity contribution is 5.75. The van der Waals surface area contributed by atoms with Crippen LogP contribution in [0, 0.1) is 0 Å². The molecular formula is C18H14N2O2. The first-order valence-electron chi connectivity index (χ1n) is 6.85. The van der Waals surface area contributed by atoms with Gasteiger partial charge < -0.3 is 10.1 Å². The zero-order valence-corrected chi connectivity index (χ0v) is 11.7. The van der Waals surface area contributed by atoms with Gasteiger partial charge in [0, 0.05) is 6.08 Å². The third kappa shape index (κ3) is 3.12. The van der Waals surface area contributed by atoms with Gasteiger partial charge in [-0.3, -0.25) is 4.79 Å². The Morgan fingerprint density at radius 2 is 1.77 bits per heavy atom. The molecule has 1 aromatic heterocycles. The van der Waals surface area contributed by atoms with Gasteiger partial charge in [-0.15, -0.1) is 0 Å². The quantitative estimate of drug-likeness (QED) is 0.573. The number of nitrogens with zero attached hydrogens (tertiary/aromatic N) is 1. The summed E-state index contributed by atoms with van der Waals surface area (Å²) >= 11 is 0. The van der Waals surface area contributed by atoms with Gasteiger partial charge in [0.2, 0.25) is 0 Å². The summed E-state index contributed by atoms with van der Waals surface area (Å²) in [6.07, 6.45) is 4.65. The Bertz CT molecular complexity index is 909. The number of hydrogen-bond donors (Lipinski definition) is 2. The van der Waals surface area contributed by atoms with Crippen molar-refractivity contribution in [3.8, 4) is 0 Å². The van der Waals surface area contributed by atoms with Gasteiger partial charge >= 0.3 is 0 Å². The van der Waals surface area contributed by atoms with Crippen LogP contribution in [0.1, 0.15) is 11.3 Å². The first kappa shape index (κ1) is 13.8. The summed E-state index contributed by atoms with van der Waals surface area (Å²) in [7, 11) is 0. The fourth-order valence-electron chi connectivity index (χ4n) is 2.08. The lowest BCUT2D eigenvalue weighted by molar-refractivity contribution is 0.438. The van der Waals surface area contributed by atoms with Crippen molar-refractivity contribution < 1.29 is 5.11 Å². The first-order valence-corrected chi connectivity index (χ1v) is 6.85. The summed E-state index contributed by atoms with van der Waals surface area (Å²) < 4.78 is 0. The molecule has 0 aliphatic heterocycles. The van der Waals surface area contributed by atoms with Crippen LogP contribution in [0.4, 0.5) is 0 Å². The Labute approximate surface area is 127 Å². The highest BCUT2D eigenvalue weighted by Gasteiger charge is 2.02. The van der Waals surface area contributed by atoms with E-state index in [0.29, 0.717) is 11.0 Å². The third-order valence-electron chi connectivity index (χ3n) is 3.16. The number of rotatable bonds is 3. The number of para-hydroxylation sites is 2. The van der Waals surface area contributed by atoms with Crippen molar-refractivity contribution >= 4 is 23.2 Å². The van der Waals surface area contributed by atoms with Crippen LogP contribution in [-0.4, -0.2) is 15.1 Å². The monoisotopic (exact) mass is 290 g/mol. The maximum atomic E-state index is 11.9. The van der Waals surface area contributed by atoms with Crippen LogP contribution in [0.15, 0.2) is 71.2 Å². The molecule has 108 valence electrons. The number of allylic oxidation sites excluding steroid dienone is 1. The minimum Gasteiger partial charge on any atom is -0.508 e. The van der Waals surface area contributed by atoms with E-state index >= 15 is 0 Å². The number of nitrogens with one attached hydrogen (secondary N) is 1. The molecular weight excluding hydrogens is 276 g/mol. The number of aromatic amines is 1. The molecule has 0 saturated heterocycles. The maximum Gasteiger partial charge on any atom is 0.274 e. The van der Waals surface area contributed by atoms with Crippen LogP contribution in [0.2, 0.25) is 0 Å². The summed E-state index contributed by atoms with van der Waals surface area (Å²) in [5.41, 5.74) is 2.15. The van der Waals surface area contributed by atoms with Gasteiger partial charge in [-0.25, -0.2) is 4.98 Å². The molecule has 22 heavy (non-hydrogen) atoms. The lowest BCUT2D eigenvalue weighted by Gasteiger charge is -1.99. The Hall–Kier alpha value is -3.14. The number of fused-ring (bicyclic) bond motifs is 1. The number of hydrogen-bond acceptors (Lipinski definition) is 3. The van der Waals surface area contributed by atoms with Crippen molar-refractivity contribution in [2.45, 2.75) is 0 Å². The van der Waals surface area contributed by atoms with Gasteiger partial charge in [0.25, 0.3) is 5.56 Å². The van der Waals surface area contributed by atoms with E-state index in [-0.39, 0.29) is 17.0 Å². The standard InChI is InChI=1S/C18H14N2O2/c21-14(11-10-13-6-2-1-3-7-13)12-17-18(22)20-16-9-5-4-8-15(16)19-17/h1-12,21H,(H,20,22)/b11-10?,14-12-. The normalized spacial score (nSPS) is 12.1. The average Bonchev–Trinajstić information content (AvgIpc) is 2.55. The van der Waals surface area contributed by atoms with Crippen molar-refractivity contribution in [1.29, 1.82) is 0 Å². The second-order valence-electron chi connectivity index (χ2n) is 4.78. The van der Waals surface area contributed by atoms with Crippen LogP contribution < -0.4 is 5.56 Å². The van der Waals surface area contributed by atoms with Gasteiger partial charge in [-0.2, -0.15) is 0 Å². The van der Waals surface area contributed by atoms with Gasteiger partial charge in [-0.1, -0.05) is 48.5 Å². The van der Waals surface area contributed by atoms with E-state index in [1.807, 2.05) is 42.5 Å². The van der Waals surface area contributed by atoms with Gasteiger partial charge in [0.05, 0.1) is 11.0 Å². The molecule has 2 aromatic carbocycles. The highest BCUT2D eigenvalue weighted by atomic mass is 16.3. The van der Waals surface area contributed by atoms with E-state index in [4.69, 9.17) is 0 Å². The van der Waals surface area contributed by atoms with Gasteiger partial charge in [0.15, 0.2) is 0 Å². The Morgan fingerprint density at radius 3 is 2.59 bits per heavy atom. The minimum atomic E-state index is -0.335. The SMILES string of the molecule is O=c1[nH]c2ccccc2nc1/C=C(\O)C=Cc1ccccc1. The molecule has 0 bridgehead atoms. The van der Waals surface area contributed by atoms with Crippen LogP contribution in [0.25, 0.3) is 23.2 Å². The Balaban J connectivity index is 1.92. The smallest absolute Gasteiger partial charge is 0.274 e. The van der Waals surface area contributed by atoms with E-state index in [1.54, 1.807) is 18.2 Å². The average molecular weight is 290 g/mol. The molecule has 1 heterocycles. The lowest BCUT2D eigenvalue weighted by Crippen LogP contribution is -2.11. The molecule has 0 aliphatic carbocycles. The molecule has 0 radical (unpaired) electrons. The molecule has 0 aliphatic rings. The molecule has 4 heteroatoms. The van der Waals surface area contributed by atoms with Gasteiger partial charge in [-0.05, 0) is 23.8 Å². The van der Waals surface area contributed by atoms with Crippen LogP contribution >= 0.6 is 0 Å².